The van der Waals surface area contributed by atoms with Gasteiger partial charge in [0.05, 0.1) is 81.6 Å². The van der Waals surface area contributed by atoms with Crippen LogP contribution in [0.3, 0.4) is 0 Å². The topological polar surface area (TPSA) is 123 Å². The van der Waals surface area contributed by atoms with Crippen molar-refractivity contribution in [1.82, 2.24) is 19.8 Å². The first-order valence-electron chi connectivity index (χ1n) is 18.6. The van der Waals surface area contributed by atoms with E-state index in [1.165, 1.54) is 0 Å². The van der Waals surface area contributed by atoms with Gasteiger partial charge in [-0.25, -0.2) is 9.97 Å². The van der Waals surface area contributed by atoms with E-state index in [4.69, 9.17) is 55.0 Å². The molecule has 58 heavy (non-hydrogen) atoms. The molecule has 0 saturated carbocycles. The zero-order valence-electron chi connectivity index (χ0n) is 32.8. The Labute approximate surface area is 355 Å². The first kappa shape index (κ1) is 44.0. The summed E-state index contributed by atoms with van der Waals surface area (Å²) in [6, 6.07) is 23.3. The summed E-state index contributed by atoms with van der Waals surface area (Å²) >= 11 is 18.5. The Morgan fingerprint density at radius 1 is 0.690 bits per heavy atom. The summed E-state index contributed by atoms with van der Waals surface area (Å²) < 4.78 is 10.2. The van der Waals surface area contributed by atoms with Gasteiger partial charge in [-0.1, -0.05) is 77.6 Å². The van der Waals surface area contributed by atoms with E-state index in [9.17, 15) is 9.59 Å². The number of hydrogen-bond donors (Lipinski definition) is 2. The maximum atomic E-state index is 12.9. The lowest BCUT2D eigenvalue weighted by molar-refractivity contribution is 0.0779. The quantitative estimate of drug-likeness (QED) is 0.155. The standard InChI is InChI=1S/C22H22ClN3O2.C14H13ClN2O.C8H10ClNO.CH4/c1-4-26-12-18-20(22(26)27)21(15-9-13(2)5-7-17(15)25-18)24-11-14-6-8-19(28-3)16(23)10-14;1-3-17-7-11-12(14(17)18)13(15)9-6-8(2)4-5-10(9)16-11;1-11-8-3-2-6(5-10)4-7(8)9;/h5-10H,4,11-12H2,1-3H3,(H,24,25);4-6H,3,7H2,1-2H3;2-4H,5,10H2,1H3;1H4. The molecule has 0 aliphatic carbocycles. The van der Waals surface area contributed by atoms with Crippen LogP contribution in [0.25, 0.3) is 21.8 Å². The predicted molar refractivity (Wildman–Crippen MR) is 237 cm³/mol. The summed E-state index contributed by atoms with van der Waals surface area (Å²) in [6.07, 6.45) is 0. The van der Waals surface area contributed by atoms with Crippen LogP contribution >= 0.6 is 34.8 Å². The number of aryl methyl sites for hydroxylation is 2. The van der Waals surface area contributed by atoms with Gasteiger partial charge in [0.15, 0.2) is 0 Å². The van der Waals surface area contributed by atoms with Crippen LogP contribution in [0.4, 0.5) is 5.69 Å². The number of anilines is 1. The summed E-state index contributed by atoms with van der Waals surface area (Å²) in [5.41, 5.74) is 15.2. The summed E-state index contributed by atoms with van der Waals surface area (Å²) in [4.78, 5) is 38.0. The molecule has 8 rings (SSSR count). The predicted octanol–water partition coefficient (Wildman–Crippen LogP) is 10.4. The van der Waals surface area contributed by atoms with Gasteiger partial charge >= 0.3 is 0 Å². The Kier molecular flexibility index (Phi) is 14.5. The molecule has 0 spiro atoms. The molecular weight excluding hydrogens is 795 g/mol. The van der Waals surface area contributed by atoms with Crippen molar-refractivity contribution in [1.29, 1.82) is 0 Å². The molecule has 2 amide bonds. The number of hydrogen-bond acceptors (Lipinski definition) is 8. The third-order valence-electron chi connectivity index (χ3n) is 9.95. The zero-order chi connectivity index (χ0) is 41.0. The van der Waals surface area contributed by atoms with Crippen LogP contribution < -0.4 is 20.5 Å². The molecule has 2 aliphatic heterocycles. The normalized spacial score (nSPS) is 12.7. The van der Waals surface area contributed by atoms with Crippen molar-refractivity contribution in [2.75, 3.05) is 32.6 Å². The molecule has 4 heterocycles. The first-order valence-corrected chi connectivity index (χ1v) is 19.7. The maximum absolute atomic E-state index is 12.9. The molecule has 4 aromatic carbocycles. The molecule has 13 heteroatoms. The lowest BCUT2D eigenvalue weighted by Gasteiger charge is -2.15. The molecule has 10 nitrogen and oxygen atoms in total. The van der Waals surface area contributed by atoms with Crippen molar-refractivity contribution in [3.63, 3.8) is 0 Å². The summed E-state index contributed by atoms with van der Waals surface area (Å²) in [5, 5.41) is 7.02. The molecule has 0 radical (unpaired) electrons. The minimum atomic E-state index is -0.00611. The van der Waals surface area contributed by atoms with Gasteiger partial charge in [-0.3, -0.25) is 9.59 Å². The van der Waals surface area contributed by atoms with E-state index in [0.717, 1.165) is 61.1 Å². The molecule has 0 bridgehead atoms. The molecule has 304 valence electrons. The Morgan fingerprint density at radius 2 is 1.17 bits per heavy atom. The van der Waals surface area contributed by atoms with Gasteiger partial charge in [-0.15, -0.1) is 0 Å². The van der Waals surface area contributed by atoms with Gasteiger partial charge in [0.2, 0.25) is 0 Å². The summed E-state index contributed by atoms with van der Waals surface area (Å²) in [5.74, 6) is 1.35. The fourth-order valence-electron chi connectivity index (χ4n) is 6.85. The number of methoxy groups -OCH3 is 2. The Bertz CT molecular complexity index is 2490. The highest BCUT2D eigenvalue weighted by Gasteiger charge is 2.33. The van der Waals surface area contributed by atoms with Gasteiger partial charge in [-0.05, 0) is 87.4 Å². The number of rotatable bonds is 8. The van der Waals surface area contributed by atoms with E-state index in [0.29, 0.717) is 77.0 Å². The second kappa shape index (κ2) is 19.1. The molecule has 0 fully saturated rings. The fourth-order valence-corrected chi connectivity index (χ4v) is 7.76. The molecular formula is C45H49Cl3N6O4. The monoisotopic (exact) mass is 842 g/mol. The number of carbonyl (C=O) groups is 2. The zero-order valence-corrected chi connectivity index (χ0v) is 35.1. The number of fused-ring (bicyclic) bond motifs is 4. The largest absolute Gasteiger partial charge is 0.495 e. The van der Waals surface area contributed by atoms with Crippen molar-refractivity contribution >= 4 is 74.1 Å². The van der Waals surface area contributed by atoms with Crippen LogP contribution in [0.15, 0.2) is 72.8 Å². The number of pyridine rings is 2. The first-order chi connectivity index (χ1) is 27.4. The van der Waals surface area contributed by atoms with Crippen LogP contribution in [-0.2, 0) is 26.2 Å². The van der Waals surface area contributed by atoms with Crippen molar-refractivity contribution in [3.05, 3.63) is 133 Å². The smallest absolute Gasteiger partial charge is 0.258 e. The molecule has 2 aromatic heterocycles. The second-order valence-electron chi connectivity index (χ2n) is 13.7. The summed E-state index contributed by atoms with van der Waals surface area (Å²) in [7, 11) is 3.18. The van der Waals surface area contributed by atoms with E-state index in [1.54, 1.807) is 25.2 Å². The van der Waals surface area contributed by atoms with E-state index in [-0.39, 0.29) is 19.2 Å². The number of amides is 2. The van der Waals surface area contributed by atoms with Crippen LogP contribution in [0.1, 0.15) is 75.6 Å². The van der Waals surface area contributed by atoms with Gasteiger partial charge in [0.25, 0.3) is 11.8 Å². The van der Waals surface area contributed by atoms with Crippen molar-refractivity contribution in [3.8, 4) is 11.5 Å². The Balaban J connectivity index is 0.000000183. The molecule has 0 unspecified atom stereocenters. The highest BCUT2D eigenvalue weighted by atomic mass is 35.5. The minimum Gasteiger partial charge on any atom is -0.495 e. The number of nitrogens with two attached hydrogens (primary N) is 1. The van der Waals surface area contributed by atoms with Crippen molar-refractivity contribution in [2.24, 2.45) is 5.73 Å². The van der Waals surface area contributed by atoms with E-state index in [1.807, 2.05) is 93.3 Å². The molecule has 2 aliphatic rings. The number of nitrogens with one attached hydrogen (secondary N) is 1. The molecule has 3 N–H and O–H groups in total. The van der Waals surface area contributed by atoms with Gasteiger partial charge in [0.1, 0.15) is 11.5 Å². The van der Waals surface area contributed by atoms with Crippen molar-refractivity contribution in [2.45, 2.75) is 61.3 Å². The highest BCUT2D eigenvalue weighted by molar-refractivity contribution is 6.39. The van der Waals surface area contributed by atoms with Gasteiger partial charge < -0.3 is 30.3 Å². The third kappa shape index (κ3) is 9.11. The lowest BCUT2D eigenvalue weighted by Crippen LogP contribution is -2.23. The third-order valence-corrected chi connectivity index (χ3v) is 10.9. The summed E-state index contributed by atoms with van der Waals surface area (Å²) in [6.45, 7) is 11.5. The average molecular weight is 844 g/mol. The highest BCUT2D eigenvalue weighted by Crippen LogP contribution is 2.36. The number of halogens is 3. The number of nitrogens with zero attached hydrogens (tertiary/aromatic N) is 4. The van der Waals surface area contributed by atoms with Crippen LogP contribution in [0, 0.1) is 13.8 Å². The SMILES string of the molecule is C.CCN1Cc2nc3ccc(C)cc3c(Cl)c2C1=O.CCN1Cc2nc3ccc(C)cc3c(NCc3ccc(OC)c(Cl)c3)c2C1=O.COc1ccc(CN)cc1Cl. The van der Waals surface area contributed by atoms with Crippen LogP contribution in [0.5, 0.6) is 11.5 Å². The van der Waals surface area contributed by atoms with E-state index < -0.39 is 0 Å². The van der Waals surface area contributed by atoms with Crippen LogP contribution in [0.2, 0.25) is 15.1 Å². The number of aromatic nitrogens is 2. The number of benzene rings is 4. The number of ether oxygens (including phenoxy) is 2. The molecule has 6 aromatic rings. The average Bonchev–Trinajstić information content (AvgIpc) is 3.71. The molecule has 0 saturated heterocycles. The van der Waals surface area contributed by atoms with Crippen LogP contribution in [-0.4, -0.2) is 58.9 Å². The lowest BCUT2D eigenvalue weighted by atomic mass is 10.0. The maximum Gasteiger partial charge on any atom is 0.258 e. The number of carbonyl (C=O) groups excluding carboxylic acids is 2. The second-order valence-corrected chi connectivity index (χ2v) is 14.9. The molecule has 0 atom stereocenters. The van der Waals surface area contributed by atoms with E-state index >= 15 is 0 Å². The fraction of sp³-hybridized carbons (Fsp3) is 0.289. The van der Waals surface area contributed by atoms with Gasteiger partial charge in [-0.2, -0.15) is 0 Å². The Hall–Kier alpha value is -5.13. The van der Waals surface area contributed by atoms with Crippen molar-refractivity contribution < 1.29 is 19.1 Å². The van der Waals surface area contributed by atoms with E-state index in [2.05, 4.69) is 16.4 Å². The van der Waals surface area contributed by atoms with Gasteiger partial charge in [0, 0.05) is 37.0 Å². The Morgan fingerprint density at radius 3 is 1.69 bits per heavy atom. The minimum absolute atomic E-state index is 0.